The van der Waals surface area contributed by atoms with Gasteiger partial charge >= 0.3 is 0 Å². The Labute approximate surface area is 193 Å². The van der Waals surface area contributed by atoms with Gasteiger partial charge in [-0.05, 0) is 48.6 Å². The van der Waals surface area contributed by atoms with Crippen molar-refractivity contribution in [1.29, 1.82) is 0 Å². The molecule has 1 saturated heterocycles. The minimum Gasteiger partial charge on any atom is -0.343 e. The Hall–Kier alpha value is -2.67. The van der Waals surface area contributed by atoms with E-state index in [4.69, 9.17) is 17.3 Å². The van der Waals surface area contributed by atoms with Gasteiger partial charge in [0.05, 0.1) is 6.54 Å². The number of para-hydroxylation sites is 1. The zero-order valence-electron chi connectivity index (χ0n) is 18.1. The number of benzene rings is 2. The molecular formula is C25H29ClN4O2. The van der Waals surface area contributed by atoms with Crippen molar-refractivity contribution in [3.63, 3.8) is 0 Å². The molecule has 6 nitrogen and oxygen atoms in total. The molecule has 168 valence electrons. The summed E-state index contributed by atoms with van der Waals surface area (Å²) in [7, 11) is 0. The van der Waals surface area contributed by atoms with Gasteiger partial charge in [0.1, 0.15) is 0 Å². The van der Waals surface area contributed by atoms with E-state index in [0.717, 1.165) is 36.5 Å². The predicted molar refractivity (Wildman–Crippen MR) is 128 cm³/mol. The highest BCUT2D eigenvalue weighted by atomic mass is 35.5. The molecular weight excluding hydrogens is 424 g/mol. The van der Waals surface area contributed by atoms with E-state index in [0.29, 0.717) is 12.5 Å². The van der Waals surface area contributed by atoms with Gasteiger partial charge in [-0.3, -0.25) is 19.8 Å². The Bertz CT molecular complexity index is 1110. The first-order valence-electron chi connectivity index (χ1n) is 11.1. The summed E-state index contributed by atoms with van der Waals surface area (Å²) in [6.07, 6.45) is 4.50. The number of likely N-dealkylation sites (tertiary alicyclic amines) is 1. The number of amides is 2. The van der Waals surface area contributed by atoms with Crippen molar-refractivity contribution in [2.45, 2.75) is 31.7 Å². The number of nitrogens with one attached hydrogen (secondary N) is 1. The molecule has 1 aliphatic rings. The number of piperidine rings is 1. The van der Waals surface area contributed by atoms with Crippen LogP contribution in [0.1, 0.15) is 36.3 Å². The first-order valence-corrected chi connectivity index (χ1v) is 11.5. The Morgan fingerprint density at radius 1 is 1.09 bits per heavy atom. The van der Waals surface area contributed by atoms with Crippen molar-refractivity contribution >= 4 is 34.3 Å². The van der Waals surface area contributed by atoms with Gasteiger partial charge < -0.3 is 10.3 Å². The molecule has 1 atom stereocenters. The van der Waals surface area contributed by atoms with Gasteiger partial charge in [0.25, 0.3) is 0 Å². The van der Waals surface area contributed by atoms with Crippen molar-refractivity contribution in [2.24, 2.45) is 5.73 Å². The van der Waals surface area contributed by atoms with Crippen LogP contribution in [0.5, 0.6) is 0 Å². The van der Waals surface area contributed by atoms with Crippen molar-refractivity contribution < 1.29 is 9.59 Å². The number of nitrogens with zero attached hydrogens (tertiary/aromatic N) is 2. The normalized spacial score (nSPS) is 16.9. The molecule has 0 aliphatic carbocycles. The lowest BCUT2D eigenvalue weighted by Gasteiger charge is -2.32. The monoisotopic (exact) mass is 452 g/mol. The molecule has 1 aromatic heterocycles. The van der Waals surface area contributed by atoms with Crippen LogP contribution in [0, 0.1) is 0 Å². The standard InChI is InChI=1S/C25H29ClN4O2/c26-22-9-3-1-6-19(22)15-30-16-21(20-8-2-4-10-23(20)30)18-7-5-13-29(14-18)17-25(32)28-24(31)11-12-27/h1-4,6,8-10,16,18H,5,7,11-15,17,27H2,(H,28,31,32). The first kappa shape index (κ1) is 22.5. The molecule has 0 saturated carbocycles. The van der Waals surface area contributed by atoms with Crippen LogP contribution in [-0.2, 0) is 16.1 Å². The maximum absolute atomic E-state index is 12.3. The third-order valence-corrected chi connectivity index (χ3v) is 6.45. The van der Waals surface area contributed by atoms with Crippen LogP contribution < -0.4 is 11.1 Å². The summed E-state index contributed by atoms with van der Waals surface area (Å²) in [5.74, 6) is -0.243. The highest BCUT2D eigenvalue weighted by Crippen LogP contribution is 2.34. The number of hydrogen-bond acceptors (Lipinski definition) is 4. The number of carbonyl (C=O) groups is 2. The maximum Gasteiger partial charge on any atom is 0.240 e. The van der Waals surface area contributed by atoms with Gasteiger partial charge in [0.15, 0.2) is 0 Å². The zero-order chi connectivity index (χ0) is 22.5. The summed E-state index contributed by atoms with van der Waals surface area (Å²) in [6, 6.07) is 16.4. The average molecular weight is 453 g/mol. The van der Waals surface area contributed by atoms with Crippen molar-refractivity contribution in [3.8, 4) is 0 Å². The number of carbonyl (C=O) groups excluding carboxylic acids is 2. The van der Waals surface area contributed by atoms with E-state index in [1.165, 1.54) is 16.5 Å². The molecule has 0 radical (unpaired) electrons. The van der Waals surface area contributed by atoms with Crippen LogP contribution in [0.15, 0.2) is 54.7 Å². The second-order valence-corrected chi connectivity index (χ2v) is 8.81. The predicted octanol–water partition coefficient (Wildman–Crippen LogP) is 3.51. The molecule has 3 aromatic rings. The average Bonchev–Trinajstić information content (AvgIpc) is 3.14. The molecule has 1 unspecified atom stereocenters. The van der Waals surface area contributed by atoms with Gasteiger partial charge in [-0.2, -0.15) is 0 Å². The van der Waals surface area contributed by atoms with Crippen molar-refractivity contribution in [1.82, 2.24) is 14.8 Å². The lowest BCUT2D eigenvalue weighted by Crippen LogP contribution is -2.43. The Balaban J connectivity index is 1.52. The van der Waals surface area contributed by atoms with Crippen molar-refractivity contribution in [2.75, 3.05) is 26.2 Å². The largest absolute Gasteiger partial charge is 0.343 e. The second kappa shape index (κ2) is 10.3. The maximum atomic E-state index is 12.3. The number of fused-ring (bicyclic) bond motifs is 1. The number of imide groups is 1. The van der Waals surface area contributed by atoms with Crippen LogP contribution >= 0.6 is 11.6 Å². The molecule has 0 spiro atoms. The molecule has 1 fully saturated rings. The Morgan fingerprint density at radius 2 is 1.88 bits per heavy atom. The van der Waals surface area contributed by atoms with E-state index in [2.05, 4.69) is 51.3 Å². The third-order valence-electron chi connectivity index (χ3n) is 6.08. The fourth-order valence-electron chi connectivity index (χ4n) is 4.59. The fraction of sp³-hybridized carbons (Fsp3) is 0.360. The van der Waals surface area contributed by atoms with Gasteiger partial charge in [-0.15, -0.1) is 0 Å². The Kier molecular flexibility index (Phi) is 7.25. The van der Waals surface area contributed by atoms with Crippen LogP contribution in [0.4, 0.5) is 0 Å². The van der Waals surface area contributed by atoms with Crippen LogP contribution in [0.3, 0.4) is 0 Å². The first-order chi connectivity index (χ1) is 15.5. The highest BCUT2D eigenvalue weighted by Gasteiger charge is 2.26. The molecule has 4 rings (SSSR count). The summed E-state index contributed by atoms with van der Waals surface area (Å²) in [5, 5.41) is 4.45. The van der Waals surface area contributed by atoms with Gasteiger partial charge in [0, 0.05) is 48.2 Å². The molecule has 2 heterocycles. The second-order valence-electron chi connectivity index (χ2n) is 8.41. The number of aromatic nitrogens is 1. The third kappa shape index (κ3) is 5.21. The zero-order valence-corrected chi connectivity index (χ0v) is 18.9. The van der Waals surface area contributed by atoms with E-state index < -0.39 is 0 Å². The molecule has 2 amide bonds. The Morgan fingerprint density at radius 3 is 2.69 bits per heavy atom. The van der Waals surface area contributed by atoms with Gasteiger partial charge in [-0.25, -0.2) is 0 Å². The number of rotatable bonds is 7. The topological polar surface area (TPSA) is 80.4 Å². The van der Waals surface area contributed by atoms with E-state index >= 15 is 0 Å². The molecule has 1 aliphatic heterocycles. The van der Waals surface area contributed by atoms with Gasteiger partial charge in [-0.1, -0.05) is 48.0 Å². The van der Waals surface area contributed by atoms with E-state index in [9.17, 15) is 9.59 Å². The fourth-order valence-corrected chi connectivity index (χ4v) is 4.78. The summed E-state index contributed by atoms with van der Waals surface area (Å²) in [6.45, 7) is 2.82. The van der Waals surface area contributed by atoms with Crippen molar-refractivity contribution in [3.05, 3.63) is 70.9 Å². The quantitative estimate of drug-likeness (QED) is 0.574. The minimum absolute atomic E-state index is 0.166. The van der Waals surface area contributed by atoms with E-state index in [1.54, 1.807) is 0 Å². The SMILES string of the molecule is NCCC(=O)NC(=O)CN1CCCC(c2cn(Cc3ccccc3Cl)c3ccccc23)C1. The van der Waals surface area contributed by atoms with Gasteiger partial charge in [0.2, 0.25) is 11.8 Å². The highest BCUT2D eigenvalue weighted by molar-refractivity contribution is 6.31. The molecule has 2 aromatic carbocycles. The summed E-state index contributed by atoms with van der Waals surface area (Å²) < 4.78 is 2.27. The van der Waals surface area contributed by atoms with Crippen LogP contribution in [-0.4, -0.2) is 47.5 Å². The van der Waals surface area contributed by atoms with Crippen LogP contribution in [0.25, 0.3) is 10.9 Å². The lowest BCUT2D eigenvalue weighted by molar-refractivity contribution is -0.131. The van der Waals surface area contributed by atoms with E-state index in [-0.39, 0.29) is 31.3 Å². The number of nitrogens with two attached hydrogens (primary N) is 1. The summed E-state index contributed by atoms with van der Waals surface area (Å²) in [4.78, 5) is 26.1. The summed E-state index contributed by atoms with van der Waals surface area (Å²) >= 11 is 6.42. The lowest BCUT2D eigenvalue weighted by atomic mass is 9.90. The smallest absolute Gasteiger partial charge is 0.240 e. The minimum atomic E-state index is -0.311. The molecule has 3 N–H and O–H groups in total. The number of hydrogen-bond donors (Lipinski definition) is 2. The molecule has 32 heavy (non-hydrogen) atoms. The van der Waals surface area contributed by atoms with Crippen LogP contribution in [0.2, 0.25) is 5.02 Å². The summed E-state index contributed by atoms with van der Waals surface area (Å²) in [5.41, 5.74) is 8.96. The van der Waals surface area contributed by atoms with E-state index in [1.807, 2.05) is 18.2 Å². The molecule has 7 heteroatoms. The molecule has 0 bridgehead atoms. The number of halogens is 1.